The second kappa shape index (κ2) is 6.79. The summed E-state index contributed by atoms with van der Waals surface area (Å²) in [5.41, 5.74) is 1.69. The van der Waals surface area contributed by atoms with Gasteiger partial charge in [0.15, 0.2) is 0 Å². The van der Waals surface area contributed by atoms with Gasteiger partial charge >= 0.3 is 0 Å². The second-order valence-electron chi connectivity index (χ2n) is 4.01. The van der Waals surface area contributed by atoms with Crippen LogP contribution in [0.1, 0.15) is 29.8 Å². The van der Waals surface area contributed by atoms with Crippen molar-refractivity contribution in [1.82, 2.24) is 4.90 Å². The maximum absolute atomic E-state index is 12.0. The Bertz CT molecular complexity index is 424. The normalized spacial score (nSPS) is 11.2. The van der Waals surface area contributed by atoms with Crippen LogP contribution in [-0.4, -0.2) is 37.0 Å². The van der Waals surface area contributed by atoms with Gasteiger partial charge in [-0.25, -0.2) is 0 Å². The summed E-state index contributed by atoms with van der Waals surface area (Å²) in [5, 5.41) is 0. The molecule has 0 spiro atoms. The van der Waals surface area contributed by atoms with E-state index in [1.54, 1.807) is 17.0 Å². The summed E-state index contributed by atoms with van der Waals surface area (Å²) in [5.74, 6) is -0.279. The molecule has 0 N–H and O–H groups in total. The monoisotopic (exact) mass is 248 g/mol. The molecule has 1 rings (SSSR count). The average molecular weight is 248 g/mol. The zero-order valence-electron chi connectivity index (χ0n) is 11.4. The van der Waals surface area contributed by atoms with Crippen LogP contribution in [0.5, 0.6) is 0 Å². The van der Waals surface area contributed by atoms with E-state index in [0.29, 0.717) is 18.2 Å². The van der Waals surface area contributed by atoms with E-state index in [4.69, 9.17) is 4.74 Å². The van der Waals surface area contributed by atoms with Gasteiger partial charge in [0.1, 0.15) is 0 Å². The van der Waals surface area contributed by atoms with Crippen molar-refractivity contribution < 1.29 is 9.53 Å². The lowest BCUT2D eigenvalue weighted by molar-refractivity contribution is 0.0995. The van der Waals surface area contributed by atoms with Crippen LogP contribution in [0.2, 0.25) is 0 Å². The molecule has 18 heavy (non-hydrogen) atoms. The van der Waals surface area contributed by atoms with E-state index in [1.165, 1.54) is 0 Å². The van der Waals surface area contributed by atoms with Crippen LogP contribution in [0.4, 0.5) is 0 Å². The molecule has 1 aromatic rings. The van der Waals surface area contributed by atoms with Crippen LogP contribution >= 0.6 is 0 Å². The number of hydrogen-bond donors (Lipinski definition) is 0. The number of hydrogen-bond acceptors (Lipinski definition) is 2. The van der Waals surface area contributed by atoms with E-state index in [-0.39, 0.29) is 5.91 Å². The first-order valence-electron chi connectivity index (χ1n) is 6.12. The molecule has 0 saturated carbocycles. The Morgan fingerprint density at radius 1 is 1.28 bits per heavy atom. The molecule has 0 saturated heterocycles. The summed E-state index contributed by atoms with van der Waals surface area (Å²) in [6.45, 7) is 7.05. The quantitative estimate of drug-likeness (QED) is 0.609. The van der Waals surface area contributed by atoms with Crippen molar-refractivity contribution in [3.63, 3.8) is 0 Å². The van der Waals surface area contributed by atoms with Gasteiger partial charge in [-0.05, 0) is 32.9 Å². The Morgan fingerprint density at radius 3 is 2.39 bits per heavy atom. The van der Waals surface area contributed by atoms with Crippen LogP contribution in [0.15, 0.2) is 29.3 Å². The number of rotatable bonds is 3. The lowest BCUT2D eigenvalue weighted by Gasteiger charge is -2.18. The maximum atomic E-state index is 12.0. The largest absolute Gasteiger partial charge is 0.465 e. The van der Waals surface area contributed by atoms with Crippen LogP contribution in [-0.2, 0) is 4.74 Å². The van der Waals surface area contributed by atoms with Gasteiger partial charge in [0.25, 0.3) is 11.9 Å². The lowest BCUT2D eigenvalue weighted by atomic mass is 10.1. The molecule has 1 aromatic carbocycles. The summed E-state index contributed by atoms with van der Waals surface area (Å²) in [4.78, 5) is 17.8. The van der Waals surface area contributed by atoms with Crippen molar-refractivity contribution in [2.75, 3.05) is 20.2 Å². The molecule has 4 nitrogen and oxygen atoms in total. The summed E-state index contributed by atoms with van der Waals surface area (Å²) < 4.78 is 5.37. The number of carbonyl (C=O) groups is 1. The molecule has 0 radical (unpaired) electrons. The fourth-order valence-electron chi connectivity index (χ4n) is 1.34. The Balaban J connectivity index is 2.90. The lowest BCUT2D eigenvalue weighted by Crippen LogP contribution is -2.29. The molecule has 0 aliphatic rings. The second-order valence-corrected chi connectivity index (χ2v) is 4.01. The topological polar surface area (TPSA) is 41.9 Å². The van der Waals surface area contributed by atoms with E-state index < -0.39 is 0 Å². The smallest absolute Gasteiger partial charge is 0.295 e. The molecular weight excluding hydrogens is 228 g/mol. The number of amides is 1. The molecule has 0 aliphatic heterocycles. The van der Waals surface area contributed by atoms with Gasteiger partial charge in [-0.15, -0.1) is 0 Å². The van der Waals surface area contributed by atoms with E-state index in [1.807, 2.05) is 40.0 Å². The van der Waals surface area contributed by atoms with Crippen molar-refractivity contribution in [1.29, 1.82) is 0 Å². The number of ether oxygens (including phenoxy) is 1. The minimum Gasteiger partial charge on any atom is -0.465 e. The highest BCUT2D eigenvalue weighted by Crippen LogP contribution is 2.05. The summed E-state index contributed by atoms with van der Waals surface area (Å²) in [7, 11) is 1.84. The Labute approximate surface area is 108 Å². The van der Waals surface area contributed by atoms with E-state index >= 15 is 0 Å². The zero-order chi connectivity index (χ0) is 13.5. The molecule has 4 heteroatoms. The number of carbonyl (C=O) groups excluding carboxylic acids is 1. The standard InChI is InChI=1S/C14H20N2O2/c1-5-16(4)14(18-6-2)15-13(17)12-9-7-11(3)8-10-12/h7-10H,5-6H2,1-4H3. The number of nitrogens with zero attached hydrogens (tertiary/aromatic N) is 2. The van der Waals surface area contributed by atoms with Gasteiger partial charge < -0.3 is 9.64 Å². The first-order chi connectivity index (χ1) is 8.58. The van der Waals surface area contributed by atoms with Crippen LogP contribution in [0.3, 0.4) is 0 Å². The van der Waals surface area contributed by atoms with Gasteiger partial charge in [-0.3, -0.25) is 4.79 Å². The van der Waals surface area contributed by atoms with Crippen LogP contribution in [0, 0.1) is 6.92 Å². The summed E-state index contributed by atoms with van der Waals surface area (Å²) in [6.07, 6.45) is 0. The predicted octanol–water partition coefficient (Wildman–Crippen LogP) is 2.48. The molecular formula is C14H20N2O2. The number of aliphatic imine (C=N–C) groups is 1. The minimum absolute atomic E-state index is 0.279. The molecule has 0 atom stereocenters. The first kappa shape index (κ1) is 14.2. The minimum atomic E-state index is -0.279. The van der Waals surface area contributed by atoms with E-state index in [0.717, 1.165) is 12.1 Å². The number of benzene rings is 1. The number of amidine groups is 1. The van der Waals surface area contributed by atoms with Crippen molar-refractivity contribution in [3.05, 3.63) is 35.4 Å². The summed E-state index contributed by atoms with van der Waals surface area (Å²) >= 11 is 0. The van der Waals surface area contributed by atoms with Gasteiger partial charge in [-0.2, -0.15) is 4.99 Å². The van der Waals surface area contributed by atoms with Gasteiger partial charge in [0.2, 0.25) is 0 Å². The Hall–Kier alpha value is -1.84. The van der Waals surface area contributed by atoms with E-state index in [9.17, 15) is 4.79 Å². The SMILES string of the molecule is CCOC(=NC(=O)c1ccc(C)cc1)N(C)CC. The first-order valence-corrected chi connectivity index (χ1v) is 6.12. The molecule has 0 fully saturated rings. The van der Waals surface area contributed by atoms with Gasteiger partial charge in [-0.1, -0.05) is 17.7 Å². The third kappa shape index (κ3) is 3.87. The van der Waals surface area contributed by atoms with Crippen LogP contribution < -0.4 is 0 Å². The third-order valence-corrected chi connectivity index (χ3v) is 2.57. The highest BCUT2D eigenvalue weighted by molar-refractivity contribution is 6.01. The summed E-state index contributed by atoms with van der Waals surface area (Å²) in [6, 6.07) is 7.71. The molecule has 0 heterocycles. The molecule has 0 unspecified atom stereocenters. The average Bonchev–Trinajstić information content (AvgIpc) is 2.38. The fraction of sp³-hybridized carbons (Fsp3) is 0.429. The molecule has 0 aromatic heterocycles. The highest BCUT2D eigenvalue weighted by Gasteiger charge is 2.10. The third-order valence-electron chi connectivity index (χ3n) is 2.57. The molecule has 0 aliphatic carbocycles. The predicted molar refractivity (Wildman–Crippen MR) is 72.9 cm³/mol. The van der Waals surface area contributed by atoms with Crippen molar-refractivity contribution in [2.24, 2.45) is 4.99 Å². The molecule has 0 bridgehead atoms. The number of aryl methyl sites for hydroxylation is 1. The van der Waals surface area contributed by atoms with E-state index in [2.05, 4.69) is 4.99 Å². The van der Waals surface area contributed by atoms with Crippen molar-refractivity contribution >= 4 is 11.9 Å². The van der Waals surface area contributed by atoms with Gasteiger partial charge in [0.05, 0.1) is 6.61 Å². The van der Waals surface area contributed by atoms with Gasteiger partial charge in [0, 0.05) is 19.2 Å². The zero-order valence-corrected chi connectivity index (χ0v) is 11.4. The molecule has 1 amide bonds. The maximum Gasteiger partial charge on any atom is 0.295 e. The van der Waals surface area contributed by atoms with Crippen molar-refractivity contribution in [3.8, 4) is 0 Å². The van der Waals surface area contributed by atoms with Crippen molar-refractivity contribution in [2.45, 2.75) is 20.8 Å². The fourth-order valence-corrected chi connectivity index (χ4v) is 1.34. The van der Waals surface area contributed by atoms with Crippen LogP contribution in [0.25, 0.3) is 0 Å². The Morgan fingerprint density at radius 2 is 1.89 bits per heavy atom. The Kier molecular flexibility index (Phi) is 5.36. The highest BCUT2D eigenvalue weighted by atomic mass is 16.5. The molecule has 98 valence electrons.